The predicted octanol–water partition coefficient (Wildman–Crippen LogP) is 1.66. The van der Waals surface area contributed by atoms with E-state index in [9.17, 15) is 4.79 Å². The minimum absolute atomic E-state index is 0. The Morgan fingerprint density at radius 3 is 2.66 bits per heavy atom. The van der Waals surface area contributed by atoms with E-state index in [0.717, 1.165) is 82.4 Å². The summed E-state index contributed by atoms with van der Waals surface area (Å²) < 4.78 is 2.33. The molecule has 0 bridgehead atoms. The van der Waals surface area contributed by atoms with Gasteiger partial charge in [-0.1, -0.05) is 6.42 Å². The molecule has 2 aliphatic rings. The molecule has 3 rings (SSSR count). The Balaban J connectivity index is 0.00000363. The van der Waals surface area contributed by atoms with Crippen LogP contribution in [0, 0.1) is 0 Å². The van der Waals surface area contributed by atoms with Crippen LogP contribution in [0.15, 0.2) is 4.99 Å². The summed E-state index contributed by atoms with van der Waals surface area (Å²) in [6.07, 6.45) is 8.75. The van der Waals surface area contributed by atoms with Crippen molar-refractivity contribution in [2.45, 2.75) is 70.9 Å². The molecule has 9 nitrogen and oxygen atoms in total. The smallest absolute Gasteiger partial charge is 0.236 e. The van der Waals surface area contributed by atoms with Crippen LogP contribution in [-0.2, 0) is 24.2 Å². The number of hydrogen-bond acceptors (Lipinski definition) is 5. The molecule has 0 saturated carbocycles. The molecule has 10 heteroatoms. The highest BCUT2D eigenvalue weighted by atomic mass is 127. The number of aryl methyl sites for hydroxylation is 2. The zero-order valence-electron chi connectivity index (χ0n) is 20.0. The molecule has 1 saturated heterocycles. The van der Waals surface area contributed by atoms with E-state index in [1.54, 1.807) is 4.90 Å². The molecule has 182 valence electrons. The Hall–Kier alpha value is -1.43. The molecule has 1 aromatic heterocycles. The van der Waals surface area contributed by atoms with Gasteiger partial charge in [0.1, 0.15) is 11.6 Å². The zero-order chi connectivity index (χ0) is 22.1. The molecular weight excluding hydrogens is 519 g/mol. The van der Waals surface area contributed by atoms with E-state index in [1.165, 1.54) is 19.3 Å². The maximum absolute atomic E-state index is 11.9. The van der Waals surface area contributed by atoms with E-state index in [4.69, 9.17) is 4.99 Å². The number of aliphatic imine (C=N–C) groups is 1. The Labute approximate surface area is 209 Å². The topological polar surface area (TPSA) is 90.7 Å². The highest BCUT2D eigenvalue weighted by Crippen LogP contribution is 2.15. The van der Waals surface area contributed by atoms with Crippen LogP contribution in [0.4, 0.5) is 0 Å². The summed E-state index contributed by atoms with van der Waals surface area (Å²) in [5, 5.41) is 15.8. The van der Waals surface area contributed by atoms with Gasteiger partial charge in [0, 0.05) is 65.7 Å². The number of likely N-dealkylation sites (N-methyl/N-ethyl adjacent to an activating group) is 1. The quantitative estimate of drug-likeness (QED) is 0.218. The molecule has 0 aromatic carbocycles. The molecule has 0 spiro atoms. The summed E-state index contributed by atoms with van der Waals surface area (Å²) in [4.78, 5) is 20.6. The van der Waals surface area contributed by atoms with Crippen molar-refractivity contribution in [1.82, 2.24) is 35.2 Å². The number of amides is 1. The molecule has 32 heavy (non-hydrogen) atoms. The van der Waals surface area contributed by atoms with Gasteiger partial charge >= 0.3 is 0 Å². The van der Waals surface area contributed by atoms with Gasteiger partial charge in [-0.15, -0.1) is 34.2 Å². The van der Waals surface area contributed by atoms with Gasteiger partial charge in [-0.3, -0.25) is 14.7 Å². The van der Waals surface area contributed by atoms with Crippen molar-refractivity contribution in [2.24, 2.45) is 4.99 Å². The first-order valence-corrected chi connectivity index (χ1v) is 11.9. The molecule has 0 radical (unpaired) electrons. The molecule has 1 fully saturated rings. The van der Waals surface area contributed by atoms with Crippen molar-refractivity contribution in [3.05, 3.63) is 11.6 Å². The fraction of sp³-hybridized carbons (Fsp3) is 0.818. The van der Waals surface area contributed by atoms with Crippen molar-refractivity contribution in [3.63, 3.8) is 0 Å². The second-order valence-corrected chi connectivity index (χ2v) is 8.84. The first kappa shape index (κ1) is 26.8. The molecule has 1 aromatic rings. The van der Waals surface area contributed by atoms with E-state index < -0.39 is 0 Å². The third-order valence-corrected chi connectivity index (χ3v) is 6.14. The minimum atomic E-state index is 0. The average molecular weight is 561 g/mol. The van der Waals surface area contributed by atoms with Crippen LogP contribution in [0.2, 0.25) is 0 Å². The Morgan fingerprint density at radius 1 is 1.16 bits per heavy atom. The predicted molar refractivity (Wildman–Crippen MR) is 139 cm³/mol. The Bertz CT molecular complexity index is 728. The number of likely N-dealkylation sites (tertiary alicyclic amines) is 1. The van der Waals surface area contributed by atoms with E-state index in [1.807, 2.05) is 14.1 Å². The fourth-order valence-corrected chi connectivity index (χ4v) is 4.24. The van der Waals surface area contributed by atoms with Crippen LogP contribution in [0.5, 0.6) is 0 Å². The lowest BCUT2D eigenvalue weighted by molar-refractivity contribution is -0.130. The molecule has 3 heterocycles. The lowest BCUT2D eigenvalue weighted by Crippen LogP contribution is -2.50. The van der Waals surface area contributed by atoms with E-state index in [0.29, 0.717) is 12.6 Å². The molecule has 1 amide bonds. The van der Waals surface area contributed by atoms with Gasteiger partial charge in [0.2, 0.25) is 5.91 Å². The number of guanidine groups is 1. The fourth-order valence-electron chi connectivity index (χ4n) is 4.24. The van der Waals surface area contributed by atoms with Gasteiger partial charge in [-0.2, -0.15) is 0 Å². The standard InChI is InChI=1S/C22H40N8O.HI/c1-4-23-22(25-18-11-15-29(16-12-18)17-21(31)28(2)3)24-13-8-10-20-27-26-19-9-6-5-7-14-30(19)20;/h18H,4-17H2,1-3H3,(H2,23,24,25);1H. The van der Waals surface area contributed by atoms with Gasteiger partial charge in [0.25, 0.3) is 0 Å². The second kappa shape index (κ2) is 14.0. The highest BCUT2D eigenvalue weighted by molar-refractivity contribution is 14.0. The Kier molecular flexibility index (Phi) is 11.7. The second-order valence-electron chi connectivity index (χ2n) is 8.84. The summed E-state index contributed by atoms with van der Waals surface area (Å²) in [5.41, 5.74) is 0. The van der Waals surface area contributed by atoms with Gasteiger partial charge < -0.3 is 20.1 Å². The molecule has 0 aliphatic carbocycles. The van der Waals surface area contributed by atoms with Crippen molar-refractivity contribution in [1.29, 1.82) is 0 Å². The van der Waals surface area contributed by atoms with Crippen LogP contribution in [0.1, 0.15) is 57.1 Å². The molecule has 0 atom stereocenters. The zero-order valence-corrected chi connectivity index (χ0v) is 22.3. The van der Waals surface area contributed by atoms with E-state index >= 15 is 0 Å². The van der Waals surface area contributed by atoms with E-state index in [2.05, 4.69) is 37.2 Å². The van der Waals surface area contributed by atoms with Crippen LogP contribution in [0.3, 0.4) is 0 Å². The first-order valence-electron chi connectivity index (χ1n) is 11.9. The van der Waals surface area contributed by atoms with Crippen LogP contribution in [-0.4, -0.2) is 89.3 Å². The molecule has 2 N–H and O–H groups in total. The number of piperidine rings is 1. The number of nitrogens with one attached hydrogen (secondary N) is 2. The van der Waals surface area contributed by atoms with Gasteiger partial charge in [0.15, 0.2) is 5.96 Å². The SMILES string of the molecule is CCNC(=NCCCc1nnc2n1CCCCC2)NC1CCN(CC(=O)N(C)C)CC1.I. The van der Waals surface area contributed by atoms with Crippen LogP contribution < -0.4 is 10.6 Å². The summed E-state index contributed by atoms with van der Waals surface area (Å²) in [6.45, 7) is 7.17. The number of carbonyl (C=O) groups excluding carboxylic acids is 1. The number of fused-ring (bicyclic) bond motifs is 1. The van der Waals surface area contributed by atoms with Crippen LogP contribution >= 0.6 is 24.0 Å². The van der Waals surface area contributed by atoms with Crippen molar-refractivity contribution in [3.8, 4) is 0 Å². The summed E-state index contributed by atoms with van der Waals surface area (Å²) in [5.74, 6) is 3.34. The monoisotopic (exact) mass is 560 g/mol. The normalized spacial score (nSPS) is 17.8. The average Bonchev–Trinajstić information content (AvgIpc) is 2.98. The number of aromatic nitrogens is 3. The Morgan fingerprint density at radius 2 is 1.94 bits per heavy atom. The number of nitrogens with zero attached hydrogens (tertiary/aromatic N) is 6. The number of rotatable bonds is 8. The highest BCUT2D eigenvalue weighted by Gasteiger charge is 2.22. The molecule has 0 unspecified atom stereocenters. The first-order chi connectivity index (χ1) is 15.1. The third-order valence-electron chi connectivity index (χ3n) is 6.14. The summed E-state index contributed by atoms with van der Waals surface area (Å²) >= 11 is 0. The van der Waals surface area contributed by atoms with Crippen molar-refractivity contribution >= 4 is 35.8 Å². The maximum Gasteiger partial charge on any atom is 0.236 e. The van der Waals surface area contributed by atoms with Crippen molar-refractivity contribution in [2.75, 3.05) is 46.8 Å². The maximum atomic E-state index is 11.9. The van der Waals surface area contributed by atoms with Gasteiger partial charge in [0.05, 0.1) is 6.54 Å². The lowest BCUT2D eigenvalue weighted by atomic mass is 10.1. The lowest BCUT2D eigenvalue weighted by Gasteiger charge is -2.33. The number of carbonyl (C=O) groups is 1. The van der Waals surface area contributed by atoms with Crippen molar-refractivity contribution < 1.29 is 4.79 Å². The largest absolute Gasteiger partial charge is 0.357 e. The van der Waals surface area contributed by atoms with Gasteiger partial charge in [-0.25, -0.2) is 0 Å². The summed E-state index contributed by atoms with van der Waals surface area (Å²) in [6, 6.07) is 0.399. The van der Waals surface area contributed by atoms with Crippen LogP contribution in [0.25, 0.3) is 0 Å². The minimum Gasteiger partial charge on any atom is -0.357 e. The molecule has 2 aliphatic heterocycles. The third kappa shape index (κ3) is 8.17. The molecular formula is C22H41IN8O. The summed E-state index contributed by atoms with van der Waals surface area (Å²) in [7, 11) is 3.63. The van der Waals surface area contributed by atoms with E-state index in [-0.39, 0.29) is 29.9 Å². The number of halogens is 1. The number of hydrogen-bond donors (Lipinski definition) is 2. The van der Waals surface area contributed by atoms with Gasteiger partial charge in [-0.05, 0) is 39.0 Å².